The third-order valence-corrected chi connectivity index (χ3v) is 5.24. The molecular formula is C19H13BrF2N2O3. The fraction of sp³-hybridized carbons (Fsp3) is 0.211. The van der Waals surface area contributed by atoms with Crippen LogP contribution in [0.15, 0.2) is 40.9 Å². The molecule has 138 valence electrons. The molecule has 1 N–H and O–H groups in total. The number of nitrogens with zero attached hydrogens (tertiary/aromatic N) is 1. The van der Waals surface area contributed by atoms with Crippen LogP contribution in [0.2, 0.25) is 0 Å². The molecule has 1 fully saturated rings. The van der Waals surface area contributed by atoms with Crippen molar-refractivity contribution >= 4 is 33.7 Å². The maximum absolute atomic E-state index is 13.8. The van der Waals surface area contributed by atoms with Crippen molar-refractivity contribution in [3.8, 4) is 0 Å². The van der Waals surface area contributed by atoms with Gasteiger partial charge in [-0.05, 0) is 36.8 Å². The average molecular weight is 435 g/mol. The first-order valence-corrected chi connectivity index (χ1v) is 9.05. The number of imide groups is 1. The van der Waals surface area contributed by atoms with Crippen LogP contribution < -0.4 is 5.32 Å². The zero-order chi connectivity index (χ0) is 19.3. The third-order valence-electron chi connectivity index (χ3n) is 4.74. The highest BCUT2D eigenvalue weighted by atomic mass is 79.9. The average Bonchev–Trinajstić information content (AvgIpc) is 3.31. The van der Waals surface area contributed by atoms with E-state index in [1.54, 1.807) is 6.07 Å². The van der Waals surface area contributed by atoms with E-state index in [1.807, 2.05) is 0 Å². The molecule has 1 aliphatic carbocycles. The third kappa shape index (κ3) is 3.14. The molecule has 1 heterocycles. The number of hydrogen-bond acceptors (Lipinski definition) is 3. The van der Waals surface area contributed by atoms with Gasteiger partial charge in [0, 0.05) is 22.0 Å². The second-order valence-corrected chi connectivity index (χ2v) is 7.45. The van der Waals surface area contributed by atoms with Crippen LogP contribution in [0.3, 0.4) is 0 Å². The summed E-state index contributed by atoms with van der Waals surface area (Å²) < 4.78 is 28.3. The van der Waals surface area contributed by atoms with E-state index in [-0.39, 0.29) is 16.7 Å². The number of fused-ring (bicyclic) bond motifs is 1. The van der Waals surface area contributed by atoms with E-state index in [0.717, 1.165) is 4.90 Å². The van der Waals surface area contributed by atoms with Crippen LogP contribution in [-0.2, 0) is 4.79 Å². The summed E-state index contributed by atoms with van der Waals surface area (Å²) in [5.41, 5.74) is 0.432. The van der Waals surface area contributed by atoms with Gasteiger partial charge in [0.05, 0.1) is 11.1 Å². The van der Waals surface area contributed by atoms with Crippen LogP contribution in [0.4, 0.5) is 8.78 Å². The summed E-state index contributed by atoms with van der Waals surface area (Å²) >= 11 is 3.24. The van der Waals surface area contributed by atoms with E-state index >= 15 is 0 Å². The number of hydrogen-bond donors (Lipinski definition) is 1. The Morgan fingerprint density at radius 3 is 2.48 bits per heavy atom. The minimum absolute atomic E-state index is 0.0478. The van der Waals surface area contributed by atoms with E-state index < -0.39 is 47.9 Å². The zero-order valence-corrected chi connectivity index (χ0v) is 15.4. The molecule has 5 nitrogen and oxygen atoms in total. The van der Waals surface area contributed by atoms with Gasteiger partial charge in [-0.25, -0.2) is 8.78 Å². The molecule has 0 spiro atoms. The molecule has 2 aromatic carbocycles. The SMILES string of the molecule is O=C(CN1C(=O)c2ccc(Br)cc2C1=O)NC1CC1c1c(F)cccc1F. The van der Waals surface area contributed by atoms with Crippen molar-refractivity contribution < 1.29 is 23.2 Å². The summed E-state index contributed by atoms with van der Waals surface area (Å²) in [5, 5.41) is 2.64. The summed E-state index contributed by atoms with van der Waals surface area (Å²) in [5.74, 6) is -3.38. The van der Waals surface area contributed by atoms with Gasteiger partial charge in [0.2, 0.25) is 5.91 Å². The molecule has 3 amide bonds. The Labute approximate surface area is 161 Å². The number of carbonyl (C=O) groups is 3. The van der Waals surface area contributed by atoms with Crippen LogP contribution in [-0.4, -0.2) is 35.2 Å². The van der Waals surface area contributed by atoms with E-state index in [1.165, 1.54) is 30.3 Å². The lowest BCUT2D eigenvalue weighted by Crippen LogP contribution is -2.41. The molecule has 2 aliphatic rings. The number of benzene rings is 2. The standard InChI is InChI=1S/C19H13BrF2N2O3/c20-9-4-5-10-11(6-9)19(27)24(18(10)26)8-16(25)23-15-7-12(15)17-13(21)2-1-3-14(17)22/h1-6,12,15H,7-8H2,(H,23,25). The highest BCUT2D eigenvalue weighted by molar-refractivity contribution is 9.10. The molecule has 0 bridgehead atoms. The maximum atomic E-state index is 13.8. The summed E-state index contributed by atoms with van der Waals surface area (Å²) in [6.45, 7) is -0.438. The Kier molecular flexibility index (Phi) is 4.30. The smallest absolute Gasteiger partial charge is 0.262 e. The van der Waals surface area contributed by atoms with Gasteiger partial charge >= 0.3 is 0 Å². The van der Waals surface area contributed by atoms with Gasteiger partial charge < -0.3 is 5.32 Å². The summed E-state index contributed by atoms with van der Waals surface area (Å²) in [7, 11) is 0. The predicted molar refractivity (Wildman–Crippen MR) is 95.2 cm³/mol. The first kappa shape index (κ1) is 17.8. The van der Waals surface area contributed by atoms with Crippen molar-refractivity contribution in [3.05, 3.63) is 69.2 Å². The summed E-state index contributed by atoms with van der Waals surface area (Å²) in [6, 6.07) is 7.91. The molecule has 0 saturated heterocycles. The van der Waals surface area contributed by atoms with Gasteiger partial charge in [-0.3, -0.25) is 19.3 Å². The first-order valence-electron chi connectivity index (χ1n) is 8.26. The fourth-order valence-corrected chi connectivity index (χ4v) is 3.70. The van der Waals surface area contributed by atoms with E-state index in [9.17, 15) is 23.2 Å². The molecule has 0 radical (unpaired) electrons. The largest absolute Gasteiger partial charge is 0.351 e. The number of halogens is 3. The lowest BCUT2D eigenvalue weighted by Gasteiger charge is -2.13. The van der Waals surface area contributed by atoms with Gasteiger partial charge in [-0.15, -0.1) is 0 Å². The lowest BCUT2D eigenvalue weighted by molar-refractivity contribution is -0.121. The number of amides is 3. The Morgan fingerprint density at radius 2 is 1.78 bits per heavy atom. The maximum Gasteiger partial charge on any atom is 0.262 e. The lowest BCUT2D eigenvalue weighted by atomic mass is 10.1. The monoisotopic (exact) mass is 434 g/mol. The molecule has 1 aliphatic heterocycles. The quantitative estimate of drug-likeness (QED) is 0.752. The molecule has 0 aromatic heterocycles. The minimum Gasteiger partial charge on any atom is -0.351 e. The van der Waals surface area contributed by atoms with Crippen LogP contribution in [0.5, 0.6) is 0 Å². The fourth-order valence-electron chi connectivity index (χ4n) is 3.34. The highest BCUT2D eigenvalue weighted by Crippen LogP contribution is 2.43. The van der Waals surface area contributed by atoms with Crippen molar-refractivity contribution in [2.45, 2.75) is 18.4 Å². The molecule has 2 atom stereocenters. The van der Waals surface area contributed by atoms with Crippen molar-refractivity contribution in [3.63, 3.8) is 0 Å². The molecule has 2 unspecified atom stereocenters. The second-order valence-electron chi connectivity index (χ2n) is 6.54. The van der Waals surface area contributed by atoms with Crippen molar-refractivity contribution in [1.82, 2.24) is 10.2 Å². The van der Waals surface area contributed by atoms with Crippen molar-refractivity contribution in [2.24, 2.45) is 0 Å². The molecule has 4 rings (SSSR count). The van der Waals surface area contributed by atoms with Crippen LogP contribution in [0.1, 0.15) is 38.6 Å². The summed E-state index contributed by atoms with van der Waals surface area (Å²) in [4.78, 5) is 37.8. The van der Waals surface area contributed by atoms with Crippen molar-refractivity contribution in [1.29, 1.82) is 0 Å². The number of carbonyl (C=O) groups excluding carboxylic acids is 3. The van der Waals surface area contributed by atoms with Gasteiger partial charge in [-0.2, -0.15) is 0 Å². The predicted octanol–water partition coefficient (Wildman–Crippen LogP) is 3.00. The highest BCUT2D eigenvalue weighted by Gasteiger charge is 2.44. The van der Waals surface area contributed by atoms with Crippen LogP contribution in [0, 0.1) is 11.6 Å². The van der Waals surface area contributed by atoms with E-state index in [0.29, 0.717) is 10.9 Å². The van der Waals surface area contributed by atoms with Crippen LogP contribution in [0.25, 0.3) is 0 Å². The van der Waals surface area contributed by atoms with Crippen molar-refractivity contribution in [2.75, 3.05) is 6.54 Å². The zero-order valence-electron chi connectivity index (χ0n) is 13.8. The Balaban J connectivity index is 1.42. The Morgan fingerprint density at radius 1 is 1.11 bits per heavy atom. The van der Waals surface area contributed by atoms with Gasteiger partial charge in [-0.1, -0.05) is 22.0 Å². The number of nitrogens with one attached hydrogen (secondary N) is 1. The van der Waals surface area contributed by atoms with Crippen LogP contribution >= 0.6 is 15.9 Å². The molecule has 1 saturated carbocycles. The topological polar surface area (TPSA) is 66.5 Å². The molecular weight excluding hydrogens is 422 g/mol. The Bertz CT molecular complexity index is 975. The second kappa shape index (κ2) is 6.53. The minimum atomic E-state index is -0.650. The molecule has 2 aromatic rings. The molecule has 8 heteroatoms. The van der Waals surface area contributed by atoms with E-state index in [2.05, 4.69) is 21.2 Å². The number of rotatable bonds is 4. The Hall–Kier alpha value is -2.61. The first-order chi connectivity index (χ1) is 12.9. The van der Waals surface area contributed by atoms with E-state index in [4.69, 9.17) is 0 Å². The van der Waals surface area contributed by atoms with Gasteiger partial charge in [0.1, 0.15) is 18.2 Å². The summed E-state index contributed by atoms with van der Waals surface area (Å²) in [6.07, 6.45) is 0.401. The normalized spacial score (nSPS) is 20.6. The molecule has 27 heavy (non-hydrogen) atoms. The van der Waals surface area contributed by atoms with Gasteiger partial charge in [0.25, 0.3) is 11.8 Å². The van der Waals surface area contributed by atoms with Gasteiger partial charge in [0.15, 0.2) is 0 Å².